The number of amides is 3. The highest BCUT2D eigenvalue weighted by Gasteiger charge is 2.60. The number of piperidine rings is 1. The number of imide groups is 1. The van der Waals surface area contributed by atoms with E-state index < -0.39 is 53.4 Å². The van der Waals surface area contributed by atoms with Crippen LogP contribution in [-0.4, -0.2) is 35.4 Å². The Labute approximate surface area is 187 Å². The molecule has 3 amide bonds. The van der Waals surface area contributed by atoms with E-state index in [0.29, 0.717) is 0 Å². The Morgan fingerprint density at radius 2 is 1.70 bits per heavy atom. The molecule has 3 aliphatic heterocycles. The van der Waals surface area contributed by atoms with Crippen LogP contribution in [0.25, 0.3) is 0 Å². The van der Waals surface area contributed by atoms with Gasteiger partial charge in [0.15, 0.2) is 0 Å². The van der Waals surface area contributed by atoms with E-state index in [1.165, 1.54) is 17.0 Å². The second-order valence-electron chi connectivity index (χ2n) is 8.34. The number of alkyl halides is 3. The molecule has 170 valence electrons. The number of ether oxygens (including phenoxy) is 1. The summed E-state index contributed by atoms with van der Waals surface area (Å²) < 4.78 is 44.9. The van der Waals surface area contributed by atoms with Crippen LogP contribution < -0.4 is 4.90 Å². The van der Waals surface area contributed by atoms with E-state index in [4.69, 9.17) is 4.74 Å². The Hall–Kier alpha value is -3.62. The largest absolute Gasteiger partial charge is 0.445 e. The van der Waals surface area contributed by atoms with Crippen LogP contribution in [-0.2, 0) is 27.1 Å². The minimum absolute atomic E-state index is 0.0641. The number of rotatable bonds is 3. The molecule has 0 radical (unpaired) electrons. The van der Waals surface area contributed by atoms with E-state index in [1.807, 2.05) is 30.3 Å². The van der Waals surface area contributed by atoms with E-state index in [1.54, 1.807) is 12.2 Å². The van der Waals surface area contributed by atoms with Crippen LogP contribution in [0.3, 0.4) is 0 Å². The Morgan fingerprint density at radius 1 is 0.970 bits per heavy atom. The van der Waals surface area contributed by atoms with Gasteiger partial charge in [0.25, 0.3) is 0 Å². The number of halogens is 3. The molecule has 6 rings (SSSR count). The molecule has 9 heteroatoms. The summed E-state index contributed by atoms with van der Waals surface area (Å²) in [7, 11) is 0. The maximum atomic E-state index is 13.3. The monoisotopic (exact) mass is 456 g/mol. The molecule has 1 aliphatic carbocycles. The summed E-state index contributed by atoms with van der Waals surface area (Å²) >= 11 is 0. The normalized spacial score (nSPS) is 26.0. The van der Waals surface area contributed by atoms with Crippen LogP contribution in [0.5, 0.6) is 0 Å². The predicted molar refractivity (Wildman–Crippen MR) is 111 cm³/mol. The first-order valence-electron chi connectivity index (χ1n) is 10.5. The maximum Gasteiger partial charge on any atom is 0.416 e. The first-order valence-corrected chi connectivity index (χ1v) is 10.5. The molecule has 6 nitrogen and oxygen atoms in total. The average Bonchev–Trinajstić information content (AvgIpc) is 3.10. The van der Waals surface area contributed by atoms with Gasteiger partial charge in [-0.25, -0.2) is 9.69 Å². The molecule has 2 saturated heterocycles. The van der Waals surface area contributed by atoms with Crippen molar-refractivity contribution in [3.63, 3.8) is 0 Å². The van der Waals surface area contributed by atoms with Gasteiger partial charge in [-0.05, 0) is 23.8 Å². The molecule has 4 atom stereocenters. The van der Waals surface area contributed by atoms with E-state index in [0.717, 1.165) is 22.6 Å². The number of anilines is 1. The second-order valence-corrected chi connectivity index (χ2v) is 8.34. The molecular formula is C24H19F3N2O4. The quantitative estimate of drug-likeness (QED) is 0.517. The van der Waals surface area contributed by atoms with Crippen molar-refractivity contribution in [2.75, 3.05) is 11.4 Å². The number of hydrogen-bond donors (Lipinski definition) is 0. The minimum atomic E-state index is -4.60. The van der Waals surface area contributed by atoms with Crippen LogP contribution in [0.15, 0.2) is 66.7 Å². The van der Waals surface area contributed by atoms with Crippen molar-refractivity contribution in [3.05, 3.63) is 77.9 Å². The van der Waals surface area contributed by atoms with Gasteiger partial charge in [-0.2, -0.15) is 13.2 Å². The summed E-state index contributed by atoms with van der Waals surface area (Å²) in [5.41, 5.74) is -0.251. The number of hydrogen-bond acceptors (Lipinski definition) is 4. The Morgan fingerprint density at radius 3 is 2.42 bits per heavy atom. The molecule has 0 N–H and O–H groups in total. The van der Waals surface area contributed by atoms with Crippen molar-refractivity contribution in [1.82, 2.24) is 4.90 Å². The molecule has 2 bridgehead atoms. The third-order valence-corrected chi connectivity index (χ3v) is 6.42. The molecule has 3 heterocycles. The maximum absolute atomic E-state index is 13.3. The summed E-state index contributed by atoms with van der Waals surface area (Å²) in [6, 6.07) is 12.6. The van der Waals surface area contributed by atoms with Crippen molar-refractivity contribution in [2.24, 2.45) is 17.8 Å². The van der Waals surface area contributed by atoms with Crippen molar-refractivity contribution >= 4 is 23.6 Å². The number of benzene rings is 2. The third-order valence-electron chi connectivity index (χ3n) is 6.42. The molecule has 0 saturated carbocycles. The standard InChI is InChI=1S/C24H19F3N2O4/c25-24(26,27)16-7-4-8-17(11-16)29-21(30)19-15-9-10-18(20(19)22(29)31)28(12-15)23(32)33-13-14-5-2-1-3-6-14/h1-11,15,18-20H,12-13H2. The summed E-state index contributed by atoms with van der Waals surface area (Å²) in [5.74, 6) is -3.15. The second kappa shape index (κ2) is 7.75. The summed E-state index contributed by atoms with van der Waals surface area (Å²) in [6.07, 6.45) is -1.70. The zero-order valence-electron chi connectivity index (χ0n) is 17.2. The fourth-order valence-corrected chi connectivity index (χ4v) is 4.91. The highest BCUT2D eigenvalue weighted by Crippen LogP contribution is 2.47. The van der Waals surface area contributed by atoms with E-state index in [-0.39, 0.29) is 18.8 Å². The van der Waals surface area contributed by atoms with Crippen molar-refractivity contribution < 1.29 is 32.3 Å². The smallest absolute Gasteiger partial charge is 0.416 e. The topological polar surface area (TPSA) is 66.9 Å². The Bertz CT molecular complexity index is 1150. The molecule has 2 aromatic carbocycles. The van der Waals surface area contributed by atoms with Crippen LogP contribution in [0.1, 0.15) is 11.1 Å². The number of fused-ring (bicyclic) bond motifs is 1. The van der Waals surface area contributed by atoms with Gasteiger partial charge < -0.3 is 9.64 Å². The minimum Gasteiger partial charge on any atom is -0.445 e. The fraction of sp³-hybridized carbons (Fsp3) is 0.292. The molecule has 0 spiro atoms. The Kier molecular flexibility index (Phi) is 4.99. The lowest BCUT2D eigenvalue weighted by Crippen LogP contribution is -2.58. The zero-order valence-corrected chi connectivity index (χ0v) is 17.2. The highest BCUT2D eigenvalue weighted by atomic mass is 19.4. The van der Waals surface area contributed by atoms with Crippen molar-refractivity contribution in [3.8, 4) is 0 Å². The van der Waals surface area contributed by atoms with Gasteiger partial charge in [0.1, 0.15) is 6.61 Å². The van der Waals surface area contributed by atoms with Gasteiger partial charge in [0, 0.05) is 12.5 Å². The van der Waals surface area contributed by atoms with Gasteiger partial charge in [0.05, 0.1) is 29.1 Å². The molecule has 33 heavy (non-hydrogen) atoms. The number of nitrogens with zero attached hydrogens (tertiary/aromatic N) is 2. The highest BCUT2D eigenvalue weighted by molar-refractivity contribution is 6.23. The molecule has 0 aromatic heterocycles. The number of carbonyl (C=O) groups excluding carboxylic acids is 3. The summed E-state index contributed by atoms with van der Waals surface area (Å²) in [6.45, 7) is 0.264. The molecule has 2 aromatic rings. The molecule has 4 aliphatic rings. The summed E-state index contributed by atoms with van der Waals surface area (Å²) in [5, 5.41) is 0. The van der Waals surface area contributed by atoms with Crippen LogP contribution in [0.2, 0.25) is 0 Å². The molecular weight excluding hydrogens is 437 g/mol. The first kappa shape index (κ1) is 21.2. The molecule has 4 unspecified atom stereocenters. The lowest BCUT2D eigenvalue weighted by Gasteiger charge is -2.45. The van der Waals surface area contributed by atoms with Crippen LogP contribution in [0.4, 0.5) is 23.7 Å². The van der Waals surface area contributed by atoms with Crippen molar-refractivity contribution in [2.45, 2.75) is 18.8 Å². The van der Waals surface area contributed by atoms with Crippen LogP contribution >= 0.6 is 0 Å². The van der Waals surface area contributed by atoms with Gasteiger partial charge in [-0.1, -0.05) is 48.6 Å². The third kappa shape index (κ3) is 3.57. The zero-order chi connectivity index (χ0) is 23.3. The Balaban J connectivity index is 1.38. The van der Waals surface area contributed by atoms with E-state index >= 15 is 0 Å². The van der Waals surface area contributed by atoms with Crippen LogP contribution in [0, 0.1) is 17.8 Å². The average molecular weight is 456 g/mol. The van der Waals surface area contributed by atoms with Gasteiger partial charge in [-0.3, -0.25) is 9.59 Å². The van der Waals surface area contributed by atoms with Gasteiger partial charge >= 0.3 is 12.3 Å². The first-order chi connectivity index (χ1) is 15.8. The van der Waals surface area contributed by atoms with Gasteiger partial charge in [-0.15, -0.1) is 0 Å². The predicted octanol–water partition coefficient (Wildman–Crippen LogP) is 4.02. The van der Waals surface area contributed by atoms with Gasteiger partial charge in [0.2, 0.25) is 11.8 Å². The van der Waals surface area contributed by atoms with E-state index in [2.05, 4.69) is 0 Å². The SMILES string of the molecule is O=C1C2C3C=CC(C2C(=O)N1c1cccc(C(F)(F)F)c1)N(C(=O)OCc1ccccc1)C3. The van der Waals surface area contributed by atoms with Crippen molar-refractivity contribution in [1.29, 1.82) is 0 Å². The summed E-state index contributed by atoms with van der Waals surface area (Å²) in [4.78, 5) is 41.4. The van der Waals surface area contributed by atoms with E-state index in [9.17, 15) is 27.6 Å². The number of carbonyl (C=O) groups is 3. The lowest BCUT2D eigenvalue weighted by molar-refractivity contribution is -0.137. The lowest BCUT2D eigenvalue weighted by atomic mass is 9.70. The fourth-order valence-electron chi connectivity index (χ4n) is 4.91. The molecule has 2 fully saturated rings.